The SMILES string of the molecule is CCOC(=O)C(c1sccc1Br)N1CCNCC1. The number of halogens is 1. The van der Waals surface area contributed by atoms with E-state index in [0.717, 1.165) is 35.5 Å². The third-order valence-electron chi connectivity index (χ3n) is 2.92. The van der Waals surface area contributed by atoms with Crippen molar-refractivity contribution in [3.05, 3.63) is 20.8 Å². The Labute approximate surface area is 119 Å². The fraction of sp³-hybridized carbons (Fsp3) is 0.583. The van der Waals surface area contributed by atoms with E-state index in [9.17, 15) is 4.79 Å². The van der Waals surface area contributed by atoms with Crippen LogP contribution in [0, 0.1) is 0 Å². The fourth-order valence-corrected chi connectivity index (χ4v) is 3.79. The summed E-state index contributed by atoms with van der Waals surface area (Å²) in [6.45, 7) is 5.83. The molecular formula is C12H17BrN2O2S. The summed E-state index contributed by atoms with van der Waals surface area (Å²) in [5.74, 6) is -0.150. The predicted octanol–water partition coefficient (Wildman–Crippen LogP) is 2.02. The summed E-state index contributed by atoms with van der Waals surface area (Å²) in [6, 6.07) is 1.70. The molecule has 1 unspecified atom stereocenters. The second kappa shape index (κ2) is 6.65. The second-order valence-corrected chi connectivity index (χ2v) is 5.88. The van der Waals surface area contributed by atoms with Gasteiger partial charge in [-0.1, -0.05) is 0 Å². The van der Waals surface area contributed by atoms with Gasteiger partial charge < -0.3 is 10.1 Å². The maximum absolute atomic E-state index is 12.2. The molecule has 1 aromatic rings. The normalized spacial score (nSPS) is 18.6. The number of piperazine rings is 1. The summed E-state index contributed by atoms with van der Waals surface area (Å²) in [7, 11) is 0. The van der Waals surface area contributed by atoms with E-state index in [1.54, 1.807) is 11.3 Å². The van der Waals surface area contributed by atoms with Gasteiger partial charge in [0.2, 0.25) is 0 Å². The Kier molecular flexibility index (Phi) is 5.17. The Bertz CT molecular complexity index is 405. The summed E-state index contributed by atoms with van der Waals surface area (Å²) in [5, 5.41) is 5.29. The molecule has 2 heterocycles. The average Bonchev–Trinajstić information content (AvgIpc) is 2.78. The van der Waals surface area contributed by atoms with E-state index in [1.165, 1.54) is 0 Å². The molecule has 0 aromatic carbocycles. The molecule has 4 nitrogen and oxygen atoms in total. The number of carbonyl (C=O) groups excluding carboxylic acids is 1. The lowest BCUT2D eigenvalue weighted by molar-refractivity contribution is -0.150. The molecule has 1 fully saturated rings. The molecule has 0 aliphatic carbocycles. The van der Waals surface area contributed by atoms with Crippen molar-refractivity contribution in [3.63, 3.8) is 0 Å². The largest absolute Gasteiger partial charge is 0.465 e. The molecule has 18 heavy (non-hydrogen) atoms. The quantitative estimate of drug-likeness (QED) is 0.856. The first kappa shape index (κ1) is 14.0. The lowest BCUT2D eigenvalue weighted by atomic mass is 10.2. The first-order valence-corrected chi connectivity index (χ1v) is 7.75. The highest BCUT2D eigenvalue weighted by Crippen LogP contribution is 2.33. The number of hydrogen-bond acceptors (Lipinski definition) is 5. The van der Waals surface area contributed by atoms with Crippen LogP contribution in [0.25, 0.3) is 0 Å². The van der Waals surface area contributed by atoms with E-state index in [1.807, 2.05) is 18.4 Å². The van der Waals surface area contributed by atoms with Crippen LogP contribution in [0.1, 0.15) is 17.8 Å². The molecule has 0 saturated carbocycles. The highest BCUT2D eigenvalue weighted by atomic mass is 79.9. The van der Waals surface area contributed by atoms with Gasteiger partial charge >= 0.3 is 5.97 Å². The van der Waals surface area contributed by atoms with Gasteiger partial charge in [-0.2, -0.15) is 0 Å². The molecule has 1 aromatic heterocycles. The van der Waals surface area contributed by atoms with Crippen molar-refractivity contribution < 1.29 is 9.53 Å². The summed E-state index contributed by atoms with van der Waals surface area (Å²) in [4.78, 5) is 15.4. The summed E-state index contributed by atoms with van der Waals surface area (Å²) in [5.41, 5.74) is 0. The van der Waals surface area contributed by atoms with E-state index in [2.05, 4.69) is 26.1 Å². The number of thiophene rings is 1. The van der Waals surface area contributed by atoms with Crippen molar-refractivity contribution in [2.45, 2.75) is 13.0 Å². The molecule has 1 N–H and O–H groups in total. The Morgan fingerprint density at radius 2 is 2.33 bits per heavy atom. The first-order valence-electron chi connectivity index (χ1n) is 6.08. The number of hydrogen-bond donors (Lipinski definition) is 1. The van der Waals surface area contributed by atoms with Crippen molar-refractivity contribution in [2.75, 3.05) is 32.8 Å². The smallest absolute Gasteiger partial charge is 0.328 e. The minimum Gasteiger partial charge on any atom is -0.465 e. The second-order valence-electron chi connectivity index (χ2n) is 4.07. The van der Waals surface area contributed by atoms with Crippen molar-refractivity contribution in [1.29, 1.82) is 0 Å². The van der Waals surface area contributed by atoms with Crippen LogP contribution in [-0.2, 0) is 9.53 Å². The van der Waals surface area contributed by atoms with Crippen molar-refractivity contribution >= 4 is 33.2 Å². The molecule has 0 bridgehead atoms. The minimum atomic E-state index is -0.276. The highest BCUT2D eigenvalue weighted by Gasteiger charge is 2.32. The molecule has 1 aliphatic heterocycles. The highest BCUT2D eigenvalue weighted by molar-refractivity contribution is 9.10. The Morgan fingerprint density at radius 3 is 2.89 bits per heavy atom. The van der Waals surface area contributed by atoms with Gasteiger partial charge in [0.05, 0.1) is 6.61 Å². The molecule has 1 saturated heterocycles. The van der Waals surface area contributed by atoms with Crippen molar-refractivity contribution in [1.82, 2.24) is 10.2 Å². The van der Waals surface area contributed by atoms with Crippen LogP contribution >= 0.6 is 27.3 Å². The van der Waals surface area contributed by atoms with Gasteiger partial charge in [0.1, 0.15) is 6.04 Å². The van der Waals surface area contributed by atoms with Crippen LogP contribution < -0.4 is 5.32 Å². The summed E-state index contributed by atoms with van der Waals surface area (Å²) in [6.07, 6.45) is 0. The number of ether oxygens (including phenoxy) is 1. The zero-order chi connectivity index (χ0) is 13.0. The Morgan fingerprint density at radius 1 is 1.61 bits per heavy atom. The maximum Gasteiger partial charge on any atom is 0.328 e. The molecule has 2 rings (SSSR count). The third kappa shape index (κ3) is 3.12. The Hall–Kier alpha value is -0.430. The van der Waals surface area contributed by atoms with Gasteiger partial charge in [0.25, 0.3) is 0 Å². The van der Waals surface area contributed by atoms with Gasteiger partial charge in [-0.25, -0.2) is 4.79 Å². The molecule has 0 spiro atoms. The number of rotatable bonds is 4. The average molecular weight is 333 g/mol. The fourth-order valence-electron chi connectivity index (χ4n) is 2.08. The number of carbonyl (C=O) groups is 1. The number of esters is 1. The van der Waals surface area contributed by atoms with Crippen LogP contribution in [0.4, 0.5) is 0 Å². The van der Waals surface area contributed by atoms with E-state index in [0.29, 0.717) is 6.61 Å². The molecule has 100 valence electrons. The van der Waals surface area contributed by atoms with Gasteiger partial charge in [-0.05, 0) is 34.3 Å². The standard InChI is InChI=1S/C12H17BrN2O2S/c1-2-17-12(16)10(11-9(13)3-8-18-11)15-6-4-14-5-7-15/h3,8,10,14H,2,4-7H2,1H3. The summed E-state index contributed by atoms with van der Waals surface area (Å²) < 4.78 is 6.21. The maximum atomic E-state index is 12.2. The third-order valence-corrected chi connectivity index (χ3v) is 4.84. The molecular weight excluding hydrogens is 316 g/mol. The van der Waals surface area contributed by atoms with E-state index < -0.39 is 0 Å². The Balaban J connectivity index is 2.22. The van der Waals surface area contributed by atoms with Crippen LogP contribution in [0.15, 0.2) is 15.9 Å². The van der Waals surface area contributed by atoms with Crippen LogP contribution in [-0.4, -0.2) is 43.7 Å². The first-order chi connectivity index (χ1) is 8.74. The monoisotopic (exact) mass is 332 g/mol. The number of nitrogens with zero attached hydrogens (tertiary/aromatic N) is 1. The molecule has 1 aliphatic rings. The minimum absolute atomic E-state index is 0.150. The zero-order valence-corrected chi connectivity index (χ0v) is 12.7. The van der Waals surface area contributed by atoms with Crippen LogP contribution in [0.5, 0.6) is 0 Å². The van der Waals surface area contributed by atoms with Crippen molar-refractivity contribution in [3.8, 4) is 0 Å². The van der Waals surface area contributed by atoms with Gasteiger partial charge in [-0.3, -0.25) is 4.90 Å². The molecule has 6 heteroatoms. The van der Waals surface area contributed by atoms with Gasteiger partial charge in [0.15, 0.2) is 0 Å². The topological polar surface area (TPSA) is 41.6 Å². The number of nitrogens with one attached hydrogen (secondary N) is 1. The molecule has 0 amide bonds. The van der Waals surface area contributed by atoms with E-state index in [-0.39, 0.29) is 12.0 Å². The predicted molar refractivity (Wildman–Crippen MR) is 75.8 cm³/mol. The van der Waals surface area contributed by atoms with E-state index in [4.69, 9.17) is 4.74 Å². The van der Waals surface area contributed by atoms with Crippen LogP contribution in [0.2, 0.25) is 0 Å². The molecule has 0 radical (unpaired) electrons. The van der Waals surface area contributed by atoms with E-state index >= 15 is 0 Å². The van der Waals surface area contributed by atoms with Gasteiger partial charge in [0, 0.05) is 35.5 Å². The van der Waals surface area contributed by atoms with Gasteiger partial charge in [-0.15, -0.1) is 11.3 Å². The summed E-state index contributed by atoms with van der Waals surface area (Å²) >= 11 is 5.11. The van der Waals surface area contributed by atoms with Crippen LogP contribution in [0.3, 0.4) is 0 Å². The van der Waals surface area contributed by atoms with Crippen molar-refractivity contribution in [2.24, 2.45) is 0 Å². The molecule has 1 atom stereocenters. The zero-order valence-electron chi connectivity index (χ0n) is 10.3. The lowest BCUT2D eigenvalue weighted by Gasteiger charge is -2.33. The lowest BCUT2D eigenvalue weighted by Crippen LogP contribution is -2.47.